The number of nitro groups is 1. The Bertz CT molecular complexity index is 932. The van der Waals surface area contributed by atoms with Gasteiger partial charge in [-0.15, -0.1) is 0 Å². The molecule has 0 bridgehead atoms. The molecule has 0 fully saturated rings. The highest BCUT2D eigenvalue weighted by molar-refractivity contribution is 8.14. The molecule has 1 aliphatic heterocycles. The Morgan fingerprint density at radius 2 is 1.62 bits per heavy atom. The van der Waals surface area contributed by atoms with Crippen molar-refractivity contribution in [1.82, 2.24) is 0 Å². The lowest BCUT2D eigenvalue weighted by Crippen LogP contribution is -2.59. The van der Waals surface area contributed by atoms with Crippen LogP contribution in [0.5, 0.6) is 0 Å². The van der Waals surface area contributed by atoms with E-state index in [9.17, 15) is 36.5 Å². The number of ether oxygens (including phenoxy) is 1. The number of thioether (sulfide) groups is 1. The number of nitrogens with zero attached hydrogens (tertiary/aromatic N) is 2. The Balaban J connectivity index is 2.19. The van der Waals surface area contributed by atoms with Gasteiger partial charge in [-0.1, -0.05) is 54.2 Å². The molecule has 5 nitrogen and oxygen atoms in total. The highest BCUT2D eigenvalue weighted by atomic mass is 32.2. The topological polar surface area (TPSA) is 64.7 Å². The summed E-state index contributed by atoms with van der Waals surface area (Å²) in [4.78, 5) is 13.1. The highest BCUT2D eigenvalue weighted by Gasteiger charge is 2.75. The summed E-state index contributed by atoms with van der Waals surface area (Å²) in [6.45, 7) is 0. The number of aliphatic imine (C=N–C) groups is 1. The molecule has 0 aromatic heterocycles. The number of alkyl halides is 6. The van der Waals surface area contributed by atoms with Gasteiger partial charge in [-0.3, -0.25) is 10.1 Å². The van der Waals surface area contributed by atoms with Crippen LogP contribution in [-0.4, -0.2) is 28.0 Å². The Labute approximate surface area is 163 Å². The first-order valence-electron chi connectivity index (χ1n) is 7.82. The van der Waals surface area contributed by atoms with Crippen LogP contribution in [0.15, 0.2) is 59.6 Å². The van der Waals surface area contributed by atoms with E-state index in [1.165, 1.54) is 30.3 Å². The molecule has 1 unspecified atom stereocenters. The minimum Gasteiger partial charge on any atom is -0.319 e. The number of non-ortho nitro benzene ring substituents is 1. The zero-order valence-electron chi connectivity index (χ0n) is 14.1. The van der Waals surface area contributed by atoms with Gasteiger partial charge in [0, 0.05) is 17.7 Å². The van der Waals surface area contributed by atoms with Gasteiger partial charge in [0.15, 0.2) is 0 Å². The van der Waals surface area contributed by atoms with Crippen LogP contribution in [0.1, 0.15) is 16.6 Å². The molecule has 154 valence electrons. The molecular formula is C17H10F6N2O3S. The molecule has 1 aliphatic rings. The summed E-state index contributed by atoms with van der Waals surface area (Å²) in [6, 6.07) is 11.2. The predicted octanol–water partition coefficient (Wildman–Crippen LogP) is 5.62. The maximum absolute atomic E-state index is 13.6. The second kappa shape index (κ2) is 7.34. The third kappa shape index (κ3) is 3.94. The first-order chi connectivity index (χ1) is 13.4. The quantitative estimate of drug-likeness (QED) is 0.356. The van der Waals surface area contributed by atoms with E-state index in [2.05, 4.69) is 9.73 Å². The van der Waals surface area contributed by atoms with Gasteiger partial charge in [-0.25, -0.2) is 4.99 Å². The largest absolute Gasteiger partial charge is 0.448 e. The molecule has 2 aromatic rings. The van der Waals surface area contributed by atoms with E-state index in [0.29, 0.717) is 11.8 Å². The number of nitro benzene ring substituents is 1. The van der Waals surface area contributed by atoms with E-state index in [0.717, 1.165) is 24.3 Å². The lowest BCUT2D eigenvalue weighted by molar-refractivity contribution is -0.385. The molecule has 0 N–H and O–H groups in total. The van der Waals surface area contributed by atoms with Gasteiger partial charge in [0.05, 0.1) is 4.92 Å². The third-order valence-electron chi connectivity index (χ3n) is 3.90. The zero-order chi connectivity index (χ0) is 21.4. The van der Waals surface area contributed by atoms with Gasteiger partial charge in [0.2, 0.25) is 0 Å². The van der Waals surface area contributed by atoms with Crippen molar-refractivity contribution < 1.29 is 36.0 Å². The van der Waals surface area contributed by atoms with Gasteiger partial charge in [0.25, 0.3) is 5.69 Å². The van der Waals surface area contributed by atoms with Gasteiger partial charge in [-0.2, -0.15) is 26.3 Å². The van der Waals surface area contributed by atoms with Crippen molar-refractivity contribution in [1.29, 1.82) is 0 Å². The Hall–Kier alpha value is -2.60. The maximum atomic E-state index is 13.6. The molecule has 0 spiro atoms. The van der Waals surface area contributed by atoms with Gasteiger partial charge < -0.3 is 4.74 Å². The second-order valence-corrected chi connectivity index (χ2v) is 6.89. The second-order valence-electron chi connectivity index (χ2n) is 5.84. The van der Waals surface area contributed by atoms with Crippen molar-refractivity contribution in [2.45, 2.75) is 23.5 Å². The van der Waals surface area contributed by atoms with Crippen LogP contribution in [0.25, 0.3) is 0 Å². The molecule has 0 radical (unpaired) electrons. The average molecular weight is 436 g/mol. The fourth-order valence-corrected chi connectivity index (χ4v) is 3.66. The molecule has 0 saturated carbocycles. The summed E-state index contributed by atoms with van der Waals surface area (Å²) in [5, 5.41) is 10.4. The first kappa shape index (κ1) is 21.1. The predicted molar refractivity (Wildman–Crippen MR) is 92.3 cm³/mol. The molecule has 12 heteroatoms. The molecule has 2 aromatic carbocycles. The summed E-state index contributed by atoms with van der Waals surface area (Å²) >= 11 is 0.498. The molecule has 0 saturated heterocycles. The number of benzene rings is 2. The SMILES string of the molecule is O=[N+]([O-])c1cccc(C2OC(C(F)(F)F)(C(F)(F)F)N=C(c3ccccc3)S2)c1. The standard InChI is InChI=1S/C17H10F6N2O3S/c18-16(19,20)15(17(21,22)23)24-13(10-5-2-1-3-6-10)29-14(28-15)11-7-4-8-12(9-11)25(26)27/h1-9,14H. The molecule has 1 heterocycles. The number of rotatable bonds is 3. The van der Waals surface area contributed by atoms with Gasteiger partial charge in [-0.05, 0) is 5.56 Å². The molecule has 29 heavy (non-hydrogen) atoms. The van der Waals surface area contributed by atoms with Crippen LogP contribution >= 0.6 is 11.8 Å². The Morgan fingerprint density at radius 3 is 2.17 bits per heavy atom. The lowest BCUT2D eigenvalue weighted by Gasteiger charge is -2.39. The van der Waals surface area contributed by atoms with Crippen molar-refractivity contribution >= 4 is 22.5 Å². The lowest BCUT2D eigenvalue weighted by atomic mass is 10.1. The molecule has 0 amide bonds. The van der Waals surface area contributed by atoms with E-state index in [1.54, 1.807) is 0 Å². The number of hydrogen-bond donors (Lipinski definition) is 0. The van der Waals surface area contributed by atoms with E-state index in [1.807, 2.05) is 0 Å². The minimum atomic E-state index is -5.93. The van der Waals surface area contributed by atoms with Crippen LogP contribution in [-0.2, 0) is 4.74 Å². The van der Waals surface area contributed by atoms with Crippen molar-refractivity contribution in [3.8, 4) is 0 Å². The monoisotopic (exact) mass is 436 g/mol. The smallest absolute Gasteiger partial charge is 0.319 e. The number of halogens is 6. The van der Waals surface area contributed by atoms with Crippen LogP contribution < -0.4 is 0 Å². The molecule has 0 aliphatic carbocycles. The summed E-state index contributed by atoms with van der Waals surface area (Å²) in [5.41, 5.74) is -7.36. The van der Waals surface area contributed by atoms with Crippen LogP contribution in [0.3, 0.4) is 0 Å². The summed E-state index contributed by atoms with van der Waals surface area (Å²) in [7, 11) is 0. The fourth-order valence-electron chi connectivity index (χ4n) is 2.53. The molecule has 3 rings (SSSR count). The van der Waals surface area contributed by atoms with E-state index < -0.39 is 39.2 Å². The van der Waals surface area contributed by atoms with E-state index >= 15 is 0 Å². The van der Waals surface area contributed by atoms with E-state index in [-0.39, 0.29) is 11.1 Å². The highest BCUT2D eigenvalue weighted by Crippen LogP contribution is 2.54. The van der Waals surface area contributed by atoms with Crippen LogP contribution in [0, 0.1) is 10.1 Å². The molecule has 1 atom stereocenters. The third-order valence-corrected chi connectivity index (χ3v) is 5.03. The minimum absolute atomic E-state index is 0.0223. The van der Waals surface area contributed by atoms with Crippen molar-refractivity contribution in [2.24, 2.45) is 4.99 Å². The number of hydrogen-bond acceptors (Lipinski definition) is 5. The fraction of sp³-hybridized carbons (Fsp3) is 0.235. The first-order valence-corrected chi connectivity index (χ1v) is 8.70. The average Bonchev–Trinajstić information content (AvgIpc) is 2.66. The zero-order valence-corrected chi connectivity index (χ0v) is 14.9. The van der Waals surface area contributed by atoms with Crippen LogP contribution in [0.4, 0.5) is 32.0 Å². The van der Waals surface area contributed by atoms with Crippen molar-refractivity contribution in [3.63, 3.8) is 0 Å². The summed E-state index contributed by atoms with van der Waals surface area (Å²) in [5.74, 6) is 0. The summed E-state index contributed by atoms with van der Waals surface area (Å²) in [6.07, 6.45) is -11.9. The molecular weight excluding hydrogens is 426 g/mol. The van der Waals surface area contributed by atoms with Gasteiger partial charge >= 0.3 is 18.1 Å². The van der Waals surface area contributed by atoms with Crippen molar-refractivity contribution in [2.75, 3.05) is 0 Å². The van der Waals surface area contributed by atoms with Gasteiger partial charge in [0.1, 0.15) is 10.5 Å². The summed E-state index contributed by atoms with van der Waals surface area (Å²) < 4.78 is 86.1. The van der Waals surface area contributed by atoms with Crippen molar-refractivity contribution in [3.05, 3.63) is 75.8 Å². The maximum Gasteiger partial charge on any atom is 0.448 e. The van der Waals surface area contributed by atoms with Crippen LogP contribution in [0.2, 0.25) is 0 Å². The Kier molecular flexibility index (Phi) is 5.34. The normalized spacial score (nSPS) is 19.5. The van der Waals surface area contributed by atoms with E-state index in [4.69, 9.17) is 0 Å². The Morgan fingerprint density at radius 1 is 1.00 bits per heavy atom.